The number of rotatable bonds is 5. The zero-order valence-electron chi connectivity index (χ0n) is 12.8. The Morgan fingerprint density at radius 3 is 2.39 bits per heavy atom. The number of hydrogen-bond acceptors (Lipinski definition) is 5. The number of amides is 1. The Morgan fingerprint density at radius 2 is 1.78 bits per heavy atom. The largest absolute Gasteiger partial charge is 0.393 e. The summed E-state index contributed by atoms with van der Waals surface area (Å²) in [5.74, 6) is -0.299. The van der Waals surface area contributed by atoms with Crippen molar-refractivity contribution in [3.05, 3.63) is 33.9 Å². The van der Waals surface area contributed by atoms with Gasteiger partial charge in [-0.05, 0) is 50.7 Å². The van der Waals surface area contributed by atoms with Crippen LogP contribution < -0.4 is 10.6 Å². The molecule has 2 aliphatic carbocycles. The zero-order chi connectivity index (χ0) is 16.4. The highest BCUT2D eigenvalue weighted by molar-refractivity contribution is 5.96. The van der Waals surface area contributed by atoms with E-state index in [1.165, 1.54) is 6.07 Å². The molecule has 0 heterocycles. The Hall–Kier alpha value is -2.15. The predicted molar refractivity (Wildman–Crippen MR) is 85.5 cm³/mol. The SMILES string of the molecule is O=C(NC1CCC(O)CC1)c1ccc(NC2CC2)c([N+](=O)[O-])c1. The van der Waals surface area contributed by atoms with Crippen molar-refractivity contribution in [1.29, 1.82) is 0 Å². The number of nitro benzene ring substituents is 1. The molecule has 2 saturated carbocycles. The summed E-state index contributed by atoms with van der Waals surface area (Å²) in [5, 5.41) is 26.7. The Kier molecular flexibility index (Phi) is 4.47. The van der Waals surface area contributed by atoms with Crippen molar-refractivity contribution in [1.82, 2.24) is 5.32 Å². The van der Waals surface area contributed by atoms with Crippen LogP contribution in [0, 0.1) is 10.1 Å². The van der Waals surface area contributed by atoms with Crippen LogP contribution in [0.25, 0.3) is 0 Å². The maximum absolute atomic E-state index is 12.3. The molecular weight excluding hydrogens is 298 g/mol. The molecule has 0 saturated heterocycles. The van der Waals surface area contributed by atoms with E-state index in [0.29, 0.717) is 30.1 Å². The lowest BCUT2D eigenvalue weighted by atomic mass is 9.93. The van der Waals surface area contributed by atoms with Crippen molar-refractivity contribution in [2.75, 3.05) is 5.32 Å². The van der Waals surface area contributed by atoms with E-state index in [2.05, 4.69) is 10.6 Å². The minimum atomic E-state index is -0.460. The molecule has 3 rings (SSSR count). The fourth-order valence-corrected chi connectivity index (χ4v) is 2.88. The number of benzene rings is 1. The molecule has 3 N–H and O–H groups in total. The third-order valence-electron chi connectivity index (χ3n) is 4.43. The third-order valence-corrected chi connectivity index (χ3v) is 4.43. The topological polar surface area (TPSA) is 104 Å². The first kappa shape index (κ1) is 15.7. The van der Waals surface area contributed by atoms with E-state index in [1.54, 1.807) is 12.1 Å². The molecule has 0 spiro atoms. The second-order valence-corrected chi connectivity index (χ2v) is 6.39. The molecule has 0 bridgehead atoms. The lowest BCUT2D eigenvalue weighted by Gasteiger charge is -2.26. The average Bonchev–Trinajstić information content (AvgIpc) is 3.33. The van der Waals surface area contributed by atoms with Crippen molar-refractivity contribution in [2.24, 2.45) is 0 Å². The summed E-state index contributed by atoms with van der Waals surface area (Å²) in [6, 6.07) is 4.88. The fraction of sp³-hybridized carbons (Fsp3) is 0.562. The molecule has 2 fully saturated rings. The van der Waals surface area contributed by atoms with Crippen LogP contribution in [0.5, 0.6) is 0 Å². The monoisotopic (exact) mass is 319 g/mol. The van der Waals surface area contributed by atoms with Crippen LogP contribution in [0.15, 0.2) is 18.2 Å². The highest BCUT2D eigenvalue weighted by atomic mass is 16.6. The number of aliphatic hydroxyl groups is 1. The Morgan fingerprint density at radius 1 is 1.13 bits per heavy atom. The molecule has 124 valence electrons. The van der Waals surface area contributed by atoms with Gasteiger partial charge in [-0.1, -0.05) is 0 Å². The molecular formula is C16H21N3O4. The summed E-state index contributed by atoms with van der Waals surface area (Å²) < 4.78 is 0. The van der Waals surface area contributed by atoms with Crippen molar-refractivity contribution in [3.63, 3.8) is 0 Å². The molecule has 0 aromatic heterocycles. The molecule has 23 heavy (non-hydrogen) atoms. The van der Waals surface area contributed by atoms with Crippen molar-refractivity contribution in [2.45, 2.75) is 56.7 Å². The van der Waals surface area contributed by atoms with Gasteiger partial charge in [0, 0.05) is 23.7 Å². The van der Waals surface area contributed by atoms with E-state index in [0.717, 1.165) is 25.7 Å². The number of aliphatic hydroxyl groups excluding tert-OH is 1. The number of hydrogen-bond donors (Lipinski definition) is 3. The molecule has 0 atom stereocenters. The first-order valence-corrected chi connectivity index (χ1v) is 8.07. The van der Waals surface area contributed by atoms with Crippen molar-refractivity contribution >= 4 is 17.3 Å². The Bertz CT molecular complexity index is 607. The first-order chi connectivity index (χ1) is 11.0. The van der Waals surface area contributed by atoms with Gasteiger partial charge < -0.3 is 15.7 Å². The summed E-state index contributed by atoms with van der Waals surface area (Å²) in [7, 11) is 0. The maximum Gasteiger partial charge on any atom is 0.293 e. The number of carbonyl (C=O) groups excluding carboxylic acids is 1. The Balaban J connectivity index is 1.69. The Labute approximate surface area is 134 Å². The third kappa shape index (κ3) is 3.98. The number of anilines is 1. The maximum atomic E-state index is 12.3. The van der Waals surface area contributed by atoms with E-state index in [-0.39, 0.29) is 23.7 Å². The summed E-state index contributed by atoms with van der Waals surface area (Å²) in [6.45, 7) is 0. The van der Waals surface area contributed by atoms with Crippen molar-refractivity contribution in [3.8, 4) is 0 Å². The number of carbonyl (C=O) groups is 1. The van der Waals surface area contributed by atoms with Crippen molar-refractivity contribution < 1.29 is 14.8 Å². The summed E-state index contributed by atoms with van der Waals surface area (Å²) in [4.78, 5) is 23.1. The van der Waals surface area contributed by atoms with Gasteiger partial charge >= 0.3 is 0 Å². The quantitative estimate of drug-likeness (QED) is 0.570. The standard InChI is InChI=1S/C16H21N3O4/c20-13-6-4-12(5-7-13)18-16(21)10-1-8-14(17-11-2-3-11)15(9-10)19(22)23/h1,8-9,11-13,17,20H,2-7H2,(H,18,21). The van der Waals surface area contributed by atoms with E-state index < -0.39 is 4.92 Å². The molecule has 1 aromatic carbocycles. The van der Waals surface area contributed by atoms with Gasteiger partial charge in [0.15, 0.2) is 0 Å². The van der Waals surface area contributed by atoms with Gasteiger partial charge in [0.25, 0.3) is 11.6 Å². The lowest BCUT2D eigenvalue weighted by molar-refractivity contribution is -0.384. The highest BCUT2D eigenvalue weighted by Gasteiger charge is 2.26. The predicted octanol–water partition coefficient (Wildman–Crippen LogP) is 2.20. The second kappa shape index (κ2) is 6.54. The first-order valence-electron chi connectivity index (χ1n) is 8.07. The molecule has 7 heteroatoms. The molecule has 1 amide bonds. The minimum Gasteiger partial charge on any atom is -0.393 e. The van der Waals surface area contributed by atoms with E-state index in [4.69, 9.17) is 0 Å². The van der Waals surface area contributed by atoms with Crippen LogP contribution in [0.4, 0.5) is 11.4 Å². The summed E-state index contributed by atoms with van der Waals surface area (Å²) >= 11 is 0. The van der Waals surface area contributed by atoms with Gasteiger partial charge in [-0.2, -0.15) is 0 Å². The van der Waals surface area contributed by atoms with Gasteiger partial charge in [0.2, 0.25) is 0 Å². The van der Waals surface area contributed by atoms with Gasteiger partial charge in [0.1, 0.15) is 5.69 Å². The lowest BCUT2D eigenvalue weighted by Crippen LogP contribution is -2.38. The number of nitrogens with zero attached hydrogens (tertiary/aromatic N) is 1. The van der Waals surface area contributed by atoms with Crippen LogP contribution in [0.3, 0.4) is 0 Å². The highest BCUT2D eigenvalue weighted by Crippen LogP contribution is 2.31. The van der Waals surface area contributed by atoms with Crippen LogP contribution in [-0.4, -0.2) is 34.1 Å². The van der Waals surface area contributed by atoms with Gasteiger partial charge in [-0.25, -0.2) is 0 Å². The molecule has 0 unspecified atom stereocenters. The molecule has 0 radical (unpaired) electrons. The summed E-state index contributed by atoms with van der Waals surface area (Å²) in [5.41, 5.74) is 0.697. The fourth-order valence-electron chi connectivity index (χ4n) is 2.88. The zero-order valence-corrected chi connectivity index (χ0v) is 12.8. The van der Waals surface area contributed by atoms with Gasteiger partial charge in [-0.3, -0.25) is 14.9 Å². The van der Waals surface area contributed by atoms with E-state index >= 15 is 0 Å². The second-order valence-electron chi connectivity index (χ2n) is 6.39. The molecule has 0 aliphatic heterocycles. The number of nitrogens with one attached hydrogen (secondary N) is 2. The van der Waals surface area contributed by atoms with Gasteiger partial charge in [-0.15, -0.1) is 0 Å². The smallest absolute Gasteiger partial charge is 0.293 e. The molecule has 2 aliphatic rings. The van der Waals surface area contributed by atoms with E-state index in [9.17, 15) is 20.0 Å². The average molecular weight is 319 g/mol. The van der Waals surface area contributed by atoms with Crippen LogP contribution in [-0.2, 0) is 0 Å². The molecule has 7 nitrogen and oxygen atoms in total. The van der Waals surface area contributed by atoms with Gasteiger partial charge in [0.05, 0.1) is 11.0 Å². The number of nitro groups is 1. The van der Waals surface area contributed by atoms with Crippen LogP contribution in [0.2, 0.25) is 0 Å². The minimum absolute atomic E-state index is 0.0224. The van der Waals surface area contributed by atoms with E-state index in [1.807, 2.05) is 0 Å². The normalized spacial score (nSPS) is 24.0. The molecule has 1 aromatic rings. The van der Waals surface area contributed by atoms with Crippen LogP contribution in [0.1, 0.15) is 48.9 Å². The van der Waals surface area contributed by atoms with Crippen LogP contribution >= 0.6 is 0 Å². The summed E-state index contributed by atoms with van der Waals surface area (Å²) in [6.07, 6.45) is 4.58.